The Morgan fingerprint density at radius 3 is 2.77 bits per heavy atom. The summed E-state index contributed by atoms with van der Waals surface area (Å²) in [6, 6.07) is 7.27. The molecule has 0 aliphatic carbocycles. The van der Waals surface area contributed by atoms with Crippen LogP contribution in [0, 0.1) is 0 Å². The van der Waals surface area contributed by atoms with Gasteiger partial charge in [0.1, 0.15) is 0 Å². The zero-order valence-corrected chi connectivity index (χ0v) is 6.51. The van der Waals surface area contributed by atoms with E-state index in [-0.39, 0.29) is 5.91 Å². The Balaban J connectivity index is 2.43. The fourth-order valence-electron chi connectivity index (χ4n) is 1.47. The summed E-state index contributed by atoms with van der Waals surface area (Å²) in [4.78, 5) is 11.6. The number of tetrazole rings is 1. The van der Waals surface area contributed by atoms with E-state index in [0.717, 1.165) is 5.56 Å². The van der Waals surface area contributed by atoms with Crippen molar-refractivity contribution in [2.45, 2.75) is 0 Å². The molecule has 0 saturated heterocycles. The molecule has 5 nitrogen and oxygen atoms in total. The lowest BCUT2D eigenvalue weighted by Crippen LogP contribution is -2.07. The Kier molecular flexibility index (Phi) is 0.999. The van der Waals surface area contributed by atoms with Crippen LogP contribution in [0.15, 0.2) is 24.3 Å². The van der Waals surface area contributed by atoms with Crippen molar-refractivity contribution in [3.05, 3.63) is 29.8 Å². The highest BCUT2D eigenvalue weighted by molar-refractivity contribution is 6.07. The Hall–Kier alpha value is -2.04. The molecule has 62 valence electrons. The monoisotopic (exact) mass is 172 g/mol. The van der Waals surface area contributed by atoms with Gasteiger partial charge in [0.25, 0.3) is 5.91 Å². The van der Waals surface area contributed by atoms with E-state index in [4.69, 9.17) is 0 Å². The second kappa shape index (κ2) is 2.01. The summed E-state index contributed by atoms with van der Waals surface area (Å²) in [5.74, 6) is 0.371. The predicted molar refractivity (Wildman–Crippen MR) is 43.0 cm³/mol. The fourth-order valence-corrected chi connectivity index (χ4v) is 1.47. The molecule has 0 radical (unpaired) electrons. The van der Waals surface area contributed by atoms with Gasteiger partial charge in [0.15, 0.2) is 5.82 Å². The average molecular weight is 172 g/mol. The summed E-state index contributed by atoms with van der Waals surface area (Å²) in [6.45, 7) is 0. The van der Waals surface area contributed by atoms with Crippen LogP contribution in [0.25, 0.3) is 11.4 Å². The maximum atomic E-state index is 11.6. The van der Waals surface area contributed by atoms with E-state index in [1.807, 2.05) is 18.2 Å². The van der Waals surface area contributed by atoms with E-state index < -0.39 is 0 Å². The van der Waals surface area contributed by atoms with E-state index in [1.54, 1.807) is 6.07 Å². The highest BCUT2D eigenvalue weighted by Gasteiger charge is 2.28. The van der Waals surface area contributed by atoms with Crippen molar-refractivity contribution in [3.63, 3.8) is 0 Å². The number of benzene rings is 1. The number of carbonyl (C=O) groups excluding carboxylic acids is 1. The van der Waals surface area contributed by atoms with E-state index in [0.29, 0.717) is 11.4 Å². The molecule has 3 rings (SSSR count). The van der Waals surface area contributed by atoms with Crippen LogP contribution in [-0.4, -0.2) is 26.1 Å². The highest BCUT2D eigenvalue weighted by Crippen LogP contribution is 2.27. The maximum Gasteiger partial charge on any atom is 0.282 e. The number of rotatable bonds is 0. The first-order valence-corrected chi connectivity index (χ1v) is 3.80. The van der Waals surface area contributed by atoms with Crippen LogP contribution in [0.3, 0.4) is 0 Å². The summed E-state index contributed by atoms with van der Waals surface area (Å²) < 4.78 is 1.21. The Labute approximate surface area is 73.0 Å². The van der Waals surface area contributed by atoms with Gasteiger partial charge in [0.2, 0.25) is 0 Å². The minimum atomic E-state index is -0.157. The molecule has 0 saturated carbocycles. The molecule has 13 heavy (non-hydrogen) atoms. The molecule has 5 heteroatoms. The first-order valence-electron chi connectivity index (χ1n) is 3.80. The second-order valence-electron chi connectivity index (χ2n) is 2.77. The number of aromatic nitrogens is 4. The van der Waals surface area contributed by atoms with Gasteiger partial charge >= 0.3 is 0 Å². The van der Waals surface area contributed by atoms with Gasteiger partial charge in [-0.15, -0.1) is 5.10 Å². The van der Waals surface area contributed by atoms with Gasteiger partial charge in [-0.05, 0) is 16.5 Å². The third-order valence-electron chi connectivity index (χ3n) is 2.06. The zero-order valence-electron chi connectivity index (χ0n) is 6.51. The Bertz CT molecular complexity index is 502. The quantitative estimate of drug-likeness (QED) is 0.459. The van der Waals surface area contributed by atoms with Crippen LogP contribution in [0.2, 0.25) is 0 Å². The smallest absolute Gasteiger partial charge is 0.267 e. The average Bonchev–Trinajstić information content (AvgIpc) is 2.72. The second-order valence-corrected chi connectivity index (χ2v) is 2.77. The molecule has 0 spiro atoms. The summed E-state index contributed by atoms with van der Waals surface area (Å²) >= 11 is 0. The van der Waals surface area contributed by atoms with Gasteiger partial charge in [-0.3, -0.25) is 4.79 Å². The molecule has 2 heterocycles. The van der Waals surface area contributed by atoms with Crippen LogP contribution >= 0.6 is 0 Å². The molecule has 0 bridgehead atoms. The molecule has 0 atom stereocenters. The molecule has 1 aliphatic rings. The fraction of sp³-hybridized carbons (Fsp3) is 0. The molecule has 0 unspecified atom stereocenters. The van der Waals surface area contributed by atoms with Gasteiger partial charge in [0, 0.05) is 5.56 Å². The molecule has 1 aromatic carbocycles. The first-order chi connectivity index (χ1) is 6.38. The highest BCUT2D eigenvalue weighted by atomic mass is 16.2. The van der Waals surface area contributed by atoms with Crippen molar-refractivity contribution in [3.8, 4) is 11.4 Å². The largest absolute Gasteiger partial charge is 0.282 e. The number of nitrogens with zero attached hydrogens (tertiary/aromatic N) is 4. The van der Waals surface area contributed by atoms with Crippen LogP contribution < -0.4 is 0 Å². The van der Waals surface area contributed by atoms with Crippen molar-refractivity contribution in [2.75, 3.05) is 0 Å². The molecule has 0 fully saturated rings. The van der Waals surface area contributed by atoms with E-state index in [9.17, 15) is 4.79 Å². The van der Waals surface area contributed by atoms with E-state index >= 15 is 0 Å². The lowest BCUT2D eigenvalue weighted by Gasteiger charge is -1.91. The summed E-state index contributed by atoms with van der Waals surface area (Å²) in [5.41, 5.74) is 1.44. The maximum absolute atomic E-state index is 11.6. The molecule has 1 aliphatic heterocycles. The van der Waals surface area contributed by atoms with Gasteiger partial charge < -0.3 is 0 Å². The summed E-state index contributed by atoms with van der Waals surface area (Å²) in [6.07, 6.45) is 0. The van der Waals surface area contributed by atoms with Gasteiger partial charge in [-0.1, -0.05) is 18.2 Å². The third kappa shape index (κ3) is 0.658. The molecule has 0 amide bonds. The minimum absolute atomic E-state index is 0.157. The van der Waals surface area contributed by atoms with Gasteiger partial charge in [0.05, 0.1) is 5.56 Å². The number of fused-ring (bicyclic) bond motifs is 3. The van der Waals surface area contributed by atoms with Crippen molar-refractivity contribution in [1.82, 2.24) is 20.2 Å². The van der Waals surface area contributed by atoms with Crippen LogP contribution in [0.1, 0.15) is 10.4 Å². The van der Waals surface area contributed by atoms with Crippen molar-refractivity contribution in [2.24, 2.45) is 0 Å². The Morgan fingerprint density at radius 2 is 1.92 bits per heavy atom. The van der Waals surface area contributed by atoms with E-state index in [1.165, 1.54) is 4.68 Å². The molecule has 1 aromatic heterocycles. The lowest BCUT2D eigenvalue weighted by atomic mass is 10.1. The van der Waals surface area contributed by atoms with Crippen LogP contribution in [0.5, 0.6) is 0 Å². The first kappa shape index (κ1) is 6.47. The Morgan fingerprint density at radius 1 is 1.15 bits per heavy atom. The molecule has 2 aromatic rings. The standard InChI is InChI=1S/C8H4N4O/c13-8-6-4-2-1-3-5(6)7-9-10-11-12(7)8/h1-4H. The van der Waals surface area contributed by atoms with E-state index in [2.05, 4.69) is 15.5 Å². The van der Waals surface area contributed by atoms with Crippen LogP contribution in [0.4, 0.5) is 0 Å². The lowest BCUT2D eigenvalue weighted by molar-refractivity contribution is 0.0952. The van der Waals surface area contributed by atoms with Crippen molar-refractivity contribution in [1.29, 1.82) is 0 Å². The normalized spacial score (nSPS) is 12.8. The molecule has 0 N–H and O–H groups in total. The third-order valence-corrected chi connectivity index (χ3v) is 2.06. The number of carbonyl (C=O) groups is 1. The molecular weight excluding hydrogens is 168 g/mol. The van der Waals surface area contributed by atoms with Gasteiger partial charge in [-0.25, -0.2) is 0 Å². The predicted octanol–water partition coefficient (Wildman–Crippen LogP) is 0.342. The van der Waals surface area contributed by atoms with Crippen molar-refractivity contribution < 1.29 is 4.79 Å². The SMILES string of the molecule is O=C1c2ccccc2-c2nnnn21. The summed E-state index contributed by atoms with van der Waals surface area (Å²) in [5, 5.41) is 10.8. The zero-order chi connectivity index (χ0) is 8.84. The summed E-state index contributed by atoms with van der Waals surface area (Å²) in [7, 11) is 0. The topological polar surface area (TPSA) is 60.7 Å². The van der Waals surface area contributed by atoms with Crippen LogP contribution in [-0.2, 0) is 0 Å². The molecular formula is C8H4N4O. The van der Waals surface area contributed by atoms with Gasteiger partial charge in [-0.2, -0.15) is 4.68 Å². The number of hydrogen-bond donors (Lipinski definition) is 0. The van der Waals surface area contributed by atoms with Crippen molar-refractivity contribution >= 4 is 5.91 Å². The number of hydrogen-bond acceptors (Lipinski definition) is 4. The minimum Gasteiger partial charge on any atom is -0.267 e.